The van der Waals surface area contributed by atoms with E-state index in [0.717, 1.165) is 0 Å². The van der Waals surface area contributed by atoms with Crippen LogP contribution in [0.25, 0.3) is 0 Å². The second-order valence-corrected chi connectivity index (χ2v) is 5.53. The molecule has 0 unspecified atom stereocenters. The van der Waals surface area contributed by atoms with E-state index < -0.39 is 0 Å². The van der Waals surface area contributed by atoms with Crippen LogP contribution in [0.1, 0.15) is 17.5 Å². The molecule has 2 N–H and O–H groups in total. The van der Waals surface area contributed by atoms with Gasteiger partial charge in [-0.3, -0.25) is 4.79 Å². The molecular formula is C19H22F2N2O. The third-order valence-corrected chi connectivity index (χ3v) is 3.73. The predicted molar refractivity (Wildman–Crippen MR) is 90.7 cm³/mol. The Labute approximate surface area is 141 Å². The Bertz CT molecular complexity index is 661. The molecule has 0 saturated carbocycles. The van der Waals surface area contributed by atoms with E-state index in [4.69, 9.17) is 0 Å². The summed E-state index contributed by atoms with van der Waals surface area (Å²) in [4.78, 5) is 11.7. The van der Waals surface area contributed by atoms with Crippen LogP contribution in [0.3, 0.4) is 0 Å². The van der Waals surface area contributed by atoms with Crippen molar-refractivity contribution in [3.05, 3.63) is 71.3 Å². The first-order valence-electron chi connectivity index (χ1n) is 8.11. The number of hydrogen-bond donors (Lipinski definition) is 2. The van der Waals surface area contributed by atoms with E-state index in [-0.39, 0.29) is 17.5 Å². The molecule has 5 heteroatoms. The minimum Gasteiger partial charge on any atom is -0.356 e. The molecule has 0 heterocycles. The summed E-state index contributed by atoms with van der Waals surface area (Å²) in [7, 11) is 0. The van der Waals surface area contributed by atoms with Crippen LogP contribution in [0.5, 0.6) is 0 Å². The van der Waals surface area contributed by atoms with Gasteiger partial charge >= 0.3 is 0 Å². The Morgan fingerprint density at radius 3 is 1.92 bits per heavy atom. The summed E-state index contributed by atoms with van der Waals surface area (Å²) in [6, 6.07) is 13.2. The first-order valence-corrected chi connectivity index (χ1v) is 8.11. The van der Waals surface area contributed by atoms with E-state index in [0.29, 0.717) is 50.0 Å². The lowest BCUT2D eigenvalue weighted by Crippen LogP contribution is -2.30. The van der Waals surface area contributed by atoms with Crippen LogP contribution in [0, 0.1) is 11.6 Å². The van der Waals surface area contributed by atoms with Crippen molar-refractivity contribution in [3.63, 3.8) is 0 Å². The highest BCUT2D eigenvalue weighted by Gasteiger charge is 2.04. The fourth-order valence-corrected chi connectivity index (χ4v) is 2.38. The van der Waals surface area contributed by atoms with Crippen molar-refractivity contribution in [1.82, 2.24) is 10.6 Å². The van der Waals surface area contributed by atoms with Crippen molar-refractivity contribution in [2.75, 3.05) is 19.6 Å². The molecule has 0 bridgehead atoms. The van der Waals surface area contributed by atoms with Crippen LogP contribution in [-0.2, 0) is 17.6 Å². The van der Waals surface area contributed by atoms with Crippen molar-refractivity contribution < 1.29 is 13.6 Å². The van der Waals surface area contributed by atoms with Crippen molar-refractivity contribution in [2.24, 2.45) is 0 Å². The molecule has 1 amide bonds. The second-order valence-electron chi connectivity index (χ2n) is 5.53. The number of benzene rings is 2. The molecule has 0 aliphatic carbocycles. The lowest BCUT2D eigenvalue weighted by atomic mass is 10.1. The molecular weight excluding hydrogens is 310 g/mol. The van der Waals surface area contributed by atoms with E-state index in [9.17, 15) is 13.6 Å². The number of amides is 1. The summed E-state index contributed by atoms with van der Waals surface area (Å²) in [5.74, 6) is -0.531. The molecule has 3 nitrogen and oxygen atoms in total. The average molecular weight is 332 g/mol. The van der Waals surface area contributed by atoms with Crippen LogP contribution in [0.4, 0.5) is 8.78 Å². The Morgan fingerprint density at radius 1 is 0.792 bits per heavy atom. The molecule has 2 aromatic rings. The minimum atomic E-state index is -0.249. The zero-order chi connectivity index (χ0) is 17.2. The van der Waals surface area contributed by atoms with Crippen molar-refractivity contribution >= 4 is 5.91 Å². The smallest absolute Gasteiger partial charge is 0.221 e. The highest BCUT2D eigenvalue weighted by Crippen LogP contribution is 2.07. The number of carbonyl (C=O) groups is 1. The van der Waals surface area contributed by atoms with E-state index >= 15 is 0 Å². The Balaban J connectivity index is 1.55. The van der Waals surface area contributed by atoms with Gasteiger partial charge in [0.05, 0.1) is 0 Å². The van der Waals surface area contributed by atoms with Gasteiger partial charge in [-0.1, -0.05) is 36.4 Å². The summed E-state index contributed by atoms with van der Waals surface area (Å²) in [6.07, 6.45) is 1.40. The lowest BCUT2D eigenvalue weighted by molar-refractivity contribution is -0.120. The maximum Gasteiger partial charge on any atom is 0.221 e. The van der Waals surface area contributed by atoms with Gasteiger partial charge in [0.25, 0.3) is 0 Å². The molecule has 2 aromatic carbocycles. The van der Waals surface area contributed by atoms with Crippen LogP contribution in [0.15, 0.2) is 48.5 Å². The van der Waals surface area contributed by atoms with Gasteiger partial charge in [0, 0.05) is 19.5 Å². The van der Waals surface area contributed by atoms with E-state index in [2.05, 4.69) is 10.6 Å². The first-order chi connectivity index (χ1) is 11.7. The highest BCUT2D eigenvalue weighted by molar-refractivity contribution is 5.76. The number of hydrogen-bond acceptors (Lipinski definition) is 2. The van der Waals surface area contributed by atoms with Crippen LogP contribution < -0.4 is 10.6 Å². The third kappa shape index (κ3) is 6.08. The SMILES string of the molecule is O=C(CCNCCc1ccccc1F)NCCc1ccccc1F. The zero-order valence-corrected chi connectivity index (χ0v) is 13.5. The van der Waals surface area contributed by atoms with E-state index in [1.807, 2.05) is 0 Å². The summed E-state index contributed by atoms with van der Waals surface area (Å²) >= 11 is 0. The number of halogens is 2. The summed E-state index contributed by atoms with van der Waals surface area (Å²) in [6.45, 7) is 1.55. The van der Waals surface area contributed by atoms with Crippen molar-refractivity contribution in [1.29, 1.82) is 0 Å². The van der Waals surface area contributed by atoms with Crippen molar-refractivity contribution in [3.8, 4) is 0 Å². The normalized spacial score (nSPS) is 10.6. The van der Waals surface area contributed by atoms with Gasteiger partial charge in [0.1, 0.15) is 11.6 Å². The van der Waals surface area contributed by atoms with Crippen molar-refractivity contribution in [2.45, 2.75) is 19.3 Å². The Kier molecular flexibility index (Phi) is 7.36. The number of nitrogens with one attached hydrogen (secondary N) is 2. The molecule has 0 aliphatic rings. The molecule has 0 radical (unpaired) electrons. The van der Waals surface area contributed by atoms with Gasteiger partial charge in [-0.05, 0) is 42.6 Å². The van der Waals surface area contributed by atoms with Crippen LogP contribution >= 0.6 is 0 Å². The maximum absolute atomic E-state index is 13.4. The quantitative estimate of drug-likeness (QED) is 0.693. The van der Waals surface area contributed by atoms with Gasteiger partial charge in [0.15, 0.2) is 0 Å². The van der Waals surface area contributed by atoms with E-state index in [1.54, 1.807) is 36.4 Å². The van der Waals surface area contributed by atoms with Gasteiger partial charge in [0.2, 0.25) is 5.91 Å². The maximum atomic E-state index is 13.4. The molecule has 0 aliphatic heterocycles. The molecule has 0 atom stereocenters. The predicted octanol–water partition coefficient (Wildman–Crippen LogP) is 2.85. The van der Waals surface area contributed by atoms with Crippen LogP contribution in [-0.4, -0.2) is 25.5 Å². The Morgan fingerprint density at radius 2 is 1.33 bits per heavy atom. The third-order valence-electron chi connectivity index (χ3n) is 3.73. The highest BCUT2D eigenvalue weighted by atomic mass is 19.1. The average Bonchev–Trinajstić information content (AvgIpc) is 2.58. The molecule has 0 saturated heterocycles. The largest absolute Gasteiger partial charge is 0.356 e. The van der Waals surface area contributed by atoms with Gasteiger partial charge < -0.3 is 10.6 Å². The monoisotopic (exact) mass is 332 g/mol. The molecule has 2 rings (SSSR count). The summed E-state index contributed by atoms with van der Waals surface area (Å²) < 4.78 is 26.8. The fraction of sp³-hybridized carbons (Fsp3) is 0.316. The topological polar surface area (TPSA) is 41.1 Å². The molecule has 0 spiro atoms. The summed E-state index contributed by atoms with van der Waals surface area (Å²) in [5, 5.41) is 5.89. The summed E-state index contributed by atoms with van der Waals surface area (Å²) in [5.41, 5.74) is 1.26. The molecule has 0 fully saturated rings. The molecule has 24 heavy (non-hydrogen) atoms. The first kappa shape index (κ1) is 18.1. The van der Waals surface area contributed by atoms with Crippen LogP contribution in [0.2, 0.25) is 0 Å². The molecule has 0 aromatic heterocycles. The second kappa shape index (κ2) is 9.78. The lowest BCUT2D eigenvalue weighted by Gasteiger charge is -2.07. The van der Waals surface area contributed by atoms with Gasteiger partial charge in [-0.15, -0.1) is 0 Å². The number of carbonyl (C=O) groups excluding carboxylic acids is 1. The molecule has 128 valence electrons. The minimum absolute atomic E-state index is 0.0790. The number of rotatable bonds is 9. The van der Waals surface area contributed by atoms with Gasteiger partial charge in [-0.2, -0.15) is 0 Å². The van der Waals surface area contributed by atoms with E-state index in [1.165, 1.54) is 12.1 Å². The fourth-order valence-electron chi connectivity index (χ4n) is 2.38. The zero-order valence-electron chi connectivity index (χ0n) is 13.5. The Hall–Kier alpha value is -2.27. The van der Waals surface area contributed by atoms with Gasteiger partial charge in [-0.25, -0.2) is 8.78 Å². The standard InChI is InChI=1S/C19H22F2N2O/c20-17-7-3-1-5-15(17)9-12-22-13-11-19(24)23-14-10-16-6-2-4-8-18(16)21/h1-8,22H,9-14H2,(H,23,24).